The Kier molecular flexibility index (Phi) is 2.56. The lowest BCUT2D eigenvalue weighted by Crippen LogP contribution is -2.26. The standard InChI is InChI=1S/C10H14N6S/c1-6-8(17-5-12-6)9-13-10(15-14-9)16-3-2-7(11)4-16/h5,7H,2-4,11H2,1H3,(H,13,14,15). The van der Waals surface area contributed by atoms with Gasteiger partial charge in [-0.05, 0) is 13.3 Å². The molecule has 0 saturated carbocycles. The number of hydrogen-bond acceptors (Lipinski definition) is 6. The van der Waals surface area contributed by atoms with E-state index < -0.39 is 0 Å². The monoisotopic (exact) mass is 250 g/mol. The highest BCUT2D eigenvalue weighted by Crippen LogP contribution is 2.25. The molecule has 0 amide bonds. The maximum atomic E-state index is 5.87. The second-order valence-electron chi connectivity index (χ2n) is 4.25. The molecule has 0 aromatic carbocycles. The molecule has 17 heavy (non-hydrogen) atoms. The fourth-order valence-corrected chi connectivity index (χ4v) is 2.74. The SMILES string of the molecule is Cc1ncsc1-c1nc(N2CCC(N)C2)n[nH]1. The lowest BCUT2D eigenvalue weighted by atomic mass is 10.3. The van der Waals surface area contributed by atoms with Crippen molar-refractivity contribution < 1.29 is 0 Å². The van der Waals surface area contributed by atoms with Crippen molar-refractivity contribution in [2.24, 2.45) is 5.73 Å². The van der Waals surface area contributed by atoms with E-state index in [0.717, 1.165) is 41.9 Å². The Labute approximate surface area is 103 Å². The summed E-state index contributed by atoms with van der Waals surface area (Å²) in [7, 11) is 0. The zero-order valence-electron chi connectivity index (χ0n) is 9.55. The lowest BCUT2D eigenvalue weighted by Gasteiger charge is -2.11. The Morgan fingerprint density at radius 2 is 2.47 bits per heavy atom. The fourth-order valence-electron chi connectivity index (χ4n) is 1.99. The van der Waals surface area contributed by atoms with Crippen LogP contribution in [-0.2, 0) is 0 Å². The molecule has 1 unspecified atom stereocenters. The molecule has 0 radical (unpaired) electrons. The number of aromatic nitrogens is 4. The van der Waals surface area contributed by atoms with E-state index in [2.05, 4.69) is 25.1 Å². The van der Waals surface area contributed by atoms with Crippen LogP contribution in [0.5, 0.6) is 0 Å². The van der Waals surface area contributed by atoms with Gasteiger partial charge in [-0.2, -0.15) is 4.98 Å². The van der Waals surface area contributed by atoms with Gasteiger partial charge in [0.25, 0.3) is 0 Å². The summed E-state index contributed by atoms with van der Waals surface area (Å²) < 4.78 is 0. The minimum absolute atomic E-state index is 0.238. The first-order valence-corrected chi connectivity index (χ1v) is 6.45. The van der Waals surface area contributed by atoms with Crippen molar-refractivity contribution in [3.63, 3.8) is 0 Å². The Morgan fingerprint density at radius 1 is 1.59 bits per heavy atom. The van der Waals surface area contributed by atoms with Crippen LogP contribution in [0, 0.1) is 6.92 Å². The topological polar surface area (TPSA) is 83.7 Å². The summed E-state index contributed by atoms with van der Waals surface area (Å²) in [6.45, 7) is 3.74. The van der Waals surface area contributed by atoms with Crippen LogP contribution in [0.4, 0.5) is 5.95 Å². The van der Waals surface area contributed by atoms with Crippen molar-refractivity contribution in [3.05, 3.63) is 11.2 Å². The summed E-state index contributed by atoms with van der Waals surface area (Å²) >= 11 is 1.57. The smallest absolute Gasteiger partial charge is 0.245 e. The highest BCUT2D eigenvalue weighted by atomic mass is 32.1. The Hall–Kier alpha value is -1.47. The third-order valence-corrected chi connectivity index (χ3v) is 3.88. The van der Waals surface area contributed by atoms with E-state index in [4.69, 9.17) is 5.73 Å². The first kappa shape index (κ1) is 10.7. The van der Waals surface area contributed by atoms with Gasteiger partial charge in [-0.1, -0.05) is 0 Å². The molecule has 2 aromatic rings. The van der Waals surface area contributed by atoms with E-state index >= 15 is 0 Å². The van der Waals surface area contributed by atoms with Crippen LogP contribution in [0.1, 0.15) is 12.1 Å². The van der Waals surface area contributed by atoms with Crippen molar-refractivity contribution in [2.45, 2.75) is 19.4 Å². The molecule has 1 fully saturated rings. The van der Waals surface area contributed by atoms with Crippen LogP contribution < -0.4 is 10.6 Å². The summed E-state index contributed by atoms with van der Waals surface area (Å²) in [5.41, 5.74) is 8.67. The average Bonchev–Trinajstić information content (AvgIpc) is 2.97. The van der Waals surface area contributed by atoms with Crippen molar-refractivity contribution in [3.8, 4) is 10.7 Å². The molecule has 0 aliphatic carbocycles. The molecule has 0 bridgehead atoms. The molecule has 1 aliphatic rings. The van der Waals surface area contributed by atoms with Crippen LogP contribution in [-0.4, -0.2) is 39.3 Å². The van der Waals surface area contributed by atoms with Gasteiger partial charge in [0, 0.05) is 19.1 Å². The van der Waals surface area contributed by atoms with Gasteiger partial charge >= 0.3 is 0 Å². The number of aryl methyl sites for hydroxylation is 1. The molecule has 90 valence electrons. The number of rotatable bonds is 2. The largest absolute Gasteiger partial charge is 0.338 e. The minimum atomic E-state index is 0.238. The molecule has 7 heteroatoms. The molecule has 3 N–H and O–H groups in total. The van der Waals surface area contributed by atoms with E-state index in [9.17, 15) is 0 Å². The van der Waals surface area contributed by atoms with Gasteiger partial charge in [0.2, 0.25) is 5.95 Å². The van der Waals surface area contributed by atoms with Gasteiger partial charge in [-0.3, -0.25) is 5.10 Å². The quantitative estimate of drug-likeness (QED) is 0.822. The predicted octanol–water partition coefficient (Wildman–Crippen LogP) is 0.774. The molecule has 2 aromatic heterocycles. The van der Waals surface area contributed by atoms with E-state index in [0.29, 0.717) is 0 Å². The molecule has 1 atom stereocenters. The molecule has 3 heterocycles. The average molecular weight is 250 g/mol. The second-order valence-corrected chi connectivity index (χ2v) is 5.10. The zero-order valence-corrected chi connectivity index (χ0v) is 10.4. The fraction of sp³-hybridized carbons (Fsp3) is 0.500. The third kappa shape index (κ3) is 1.91. The molecule has 0 spiro atoms. The first-order valence-electron chi connectivity index (χ1n) is 5.57. The number of nitrogens with zero attached hydrogens (tertiary/aromatic N) is 4. The van der Waals surface area contributed by atoms with Crippen molar-refractivity contribution in [1.82, 2.24) is 20.2 Å². The van der Waals surface area contributed by atoms with E-state index in [-0.39, 0.29) is 6.04 Å². The number of thiazole rings is 1. The maximum Gasteiger partial charge on any atom is 0.245 e. The minimum Gasteiger partial charge on any atom is -0.338 e. The number of aromatic amines is 1. The first-order chi connectivity index (χ1) is 8.24. The third-order valence-electron chi connectivity index (χ3n) is 2.94. The number of H-pyrrole nitrogens is 1. The molecular weight excluding hydrogens is 236 g/mol. The van der Waals surface area contributed by atoms with Crippen LogP contribution >= 0.6 is 11.3 Å². The number of anilines is 1. The highest BCUT2D eigenvalue weighted by molar-refractivity contribution is 7.13. The van der Waals surface area contributed by atoms with Crippen molar-refractivity contribution in [1.29, 1.82) is 0 Å². The van der Waals surface area contributed by atoms with Crippen LogP contribution in [0.25, 0.3) is 10.7 Å². The Morgan fingerprint density at radius 3 is 3.12 bits per heavy atom. The normalized spacial score (nSPS) is 20.1. The Balaban J connectivity index is 1.86. The zero-order chi connectivity index (χ0) is 11.8. The van der Waals surface area contributed by atoms with Crippen LogP contribution in [0.3, 0.4) is 0 Å². The van der Waals surface area contributed by atoms with Crippen molar-refractivity contribution >= 4 is 17.3 Å². The number of hydrogen-bond donors (Lipinski definition) is 2. The molecular formula is C10H14N6S. The van der Waals surface area contributed by atoms with Gasteiger partial charge in [-0.15, -0.1) is 16.4 Å². The number of nitrogens with two attached hydrogens (primary N) is 1. The van der Waals surface area contributed by atoms with Gasteiger partial charge in [0.15, 0.2) is 5.82 Å². The summed E-state index contributed by atoms with van der Waals surface area (Å²) in [5.74, 6) is 1.53. The van der Waals surface area contributed by atoms with Crippen LogP contribution in [0.15, 0.2) is 5.51 Å². The number of nitrogens with one attached hydrogen (secondary N) is 1. The molecule has 3 rings (SSSR count). The van der Waals surface area contributed by atoms with Gasteiger partial charge in [0.1, 0.15) is 0 Å². The summed E-state index contributed by atoms with van der Waals surface area (Å²) in [6.07, 6.45) is 1.00. The lowest BCUT2D eigenvalue weighted by molar-refractivity contribution is 0.750. The maximum absolute atomic E-state index is 5.87. The van der Waals surface area contributed by atoms with Gasteiger partial charge in [-0.25, -0.2) is 4.98 Å². The van der Waals surface area contributed by atoms with Gasteiger partial charge < -0.3 is 10.6 Å². The molecule has 6 nitrogen and oxygen atoms in total. The van der Waals surface area contributed by atoms with E-state index in [1.165, 1.54) is 0 Å². The summed E-state index contributed by atoms with van der Waals surface area (Å²) in [5, 5.41) is 7.21. The van der Waals surface area contributed by atoms with Crippen LogP contribution in [0.2, 0.25) is 0 Å². The highest BCUT2D eigenvalue weighted by Gasteiger charge is 2.23. The summed E-state index contributed by atoms with van der Waals surface area (Å²) in [4.78, 5) is 11.9. The molecule has 1 saturated heterocycles. The Bertz CT molecular complexity index is 518. The molecule has 1 aliphatic heterocycles. The second kappa shape index (κ2) is 4.08. The van der Waals surface area contributed by atoms with E-state index in [1.807, 2.05) is 12.4 Å². The van der Waals surface area contributed by atoms with E-state index in [1.54, 1.807) is 11.3 Å². The van der Waals surface area contributed by atoms with Gasteiger partial charge in [0.05, 0.1) is 16.1 Å². The predicted molar refractivity (Wildman–Crippen MR) is 67.0 cm³/mol. The van der Waals surface area contributed by atoms with Crippen molar-refractivity contribution in [2.75, 3.05) is 18.0 Å². The summed E-state index contributed by atoms with van der Waals surface area (Å²) in [6, 6.07) is 0.238.